The molecule has 12 heterocycles. The van der Waals surface area contributed by atoms with Crippen molar-refractivity contribution in [3.8, 4) is 0 Å². The lowest BCUT2D eigenvalue weighted by Gasteiger charge is -2.26. The molecule has 0 saturated carbocycles. The molecule has 3 aliphatic rings. The Balaban J connectivity index is 0.000000497. The highest BCUT2D eigenvalue weighted by Gasteiger charge is 2.35. The number of nitrogens with one attached hydrogen (secondary N) is 6. The van der Waals surface area contributed by atoms with Crippen LogP contribution >= 0.6 is 0 Å². The van der Waals surface area contributed by atoms with Crippen LogP contribution in [0.25, 0.3) is 33.0 Å². The van der Waals surface area contributed by atoms with Crippen LogP contribution in [0, 0.1) is 16.2 Å². The second kappa shape index (κ2) is 30.1. The number of aromatic nitrogens is 9. The monoisotopic (exact) mass is 1150 g/mol. The van der Waals surface area contributed by atoms with Gasteiger partial charge in [0.05, 0.1) is 22.4 Å². The predicted octanol–water partition coefficient (Wildman–Crippen LogP) is 20.3. The Hall–Kier alpha value is -7.08. The molecule has 0 radical (unpaired) electrons. The van der Waals surface area contributed by atoms with Crippen molar-refractivity contribution < 1.29 is 0 Å². The molecular formula is C72H114N12. The first-order valence-electron chi connectivity index (χ1n) is 27.9. The molecule has 84 heavy (non-hydrogen) atoms. The highest BCUT2D eigenvalue weighted by atomic mass is 15.0. The van der Waals surface area contributed by atoms with E-state index in [1.54, 1.807) is 0 Å². The summed E-state index contributed by atoms with van der Waals surface area (Å²) >= 11 is 0. The number of pyridine rings is 6. The molecule has 3 unspecified atom stereocenters. The molecule has 0 fully saturated rings. The van der Waals surface area contributed by atoms with Gasteiger partial charge in [-0.2, -0.15) is 0 Å². The number of hydrogen-bond donors (Lipinski definition) is 6. The zero-order valence-corrected chi connectivity index (χ0v) is 50.2. The molecule has 9 aromatic heterocycles. The normalized spacial score (nSPS) is 15.4. The van der Waals surface area contributed by atoms with E-state index in [0.717, 1.165) is 42.1 Å². The fourth-order valence-corrected chi connectivity index (χ4v) is 10.4. The van der Waals surface area contributed by atoms with Crippen molar-refractivity contribution in [3.05, 3.63) is 162 Å². The molecule has 6 N–H and O–H groups in total. The number of hydrogen-bond acceptors (Lipinski definition) is 9. The van der Waals surface area contributed by atoms with E-state index in [4.69, 9.17) is 0 Å². The Morgan fingerprint density at radius 1 is 0.381 bits per heavy atom. The standard InChI is InChI=1S/C11H16N2.C11H14N2.C11H16N2.C11H14N2.C11H16N2.C11H14N2.6CH4/c2*1-11(2,3)9-7-13-10-4-5-12-6-8(9)10;2*1-11(2,3)8-7-13-9-5-4-6-12-10(8)9;2*1-11(2,3)9-7-13-10-8(9)5-4-6-12-10;;;;;;/h4-6,9,13H,7H2,1-3H3;4-7,13H,1-3H3;4-6,8,13H,7H2,1-3H3;4-7,13H,1-3H3;4-6,9H,7H2,1-3H3,(H,12,13);4-7H,1-3H3,(H,12,13);6*1H4. The summed E-state index contributed by atoms with van der Waals surface area (Å²) in [6.45, 7) is 43.4. The van der Waals surface area contributed by atoms with Gasteiger partial charge in [-0.25, -0.2) is 9.97 Å². The van der Waals surface area contributed by atoms with Crippen LogP contribution in [0.2, 0.25) is 0 Å². The Kier molecular flexibility index (Phi) is 26.9. The topological polar surface area (TPSA) is 161 Å². The lowest BCUT2D eigenvalue weighted by molar-refractivity contribution is 0.334. The minimum atomic E-state index is 0. The molecule has 0 amide bonds. The highest BCUT2D eigenvalue weighted by molar-refractivity contribution is 5.83. The van der Waals surface area contributed by atoms with Crippen LogP contribution in [0.5, 0.6) is 0 Å². The van der Waals surface area contributed by atoms with Gasteiger partial charge in [-0.1, -0.05) is 175 Å². The molecular weight excluding hydrogens is 1030 g/mol. The first-order valence-corrected chi connectivity index (χ1v) is 27.9. The van der Waals surface area contributed by atoms with Crippen LogP contribution in [0.15, 0.2) is 129 Å². The lowest BCUT2D eigenvalue weighted by atomic mass is 9.78. The Morgan fingerprint density at radius 2 is 0.857 bits per heavy atom. The van der Waals surface area contributed by atoms with E-state index in [1.807, 2.05) is 79.9 Å². The molecule has 0 aliphatic carbocycles. The summed E-state index contributed by atoms with van der Waals surface area (Å²) in [7, 11) is 0. The molecule has 0 bridgehead atoms. The zero-order chi connectivity index (χ0) is 56.8. The Labute approximate surface area is 510 Å². The van der Waals surface area contributed by atoms with E-state index >= 15 is 0 Å². The first-order chi connectivity index (χ1) is 36.5. The molecule has 0 spiro atoms. The molecule has 12 nitrogen and oxygen atoms in total. The molecule has 0 saturated heterocycles. The minimum Gasteiger partial charge on any atom is -0.384 e. The van der Waals surface area contributed by atoms with Crippen LogP contribution in [0.3, 0.4) is 0 Å². The van der Waals surface area contributed by atoms with Crippen molar-refractivity contribution in [2.24, 2.45) is 16.2 Å². The van der Waals surface area contributed by atoms with Gasteiger partial charge < -0.3 is 30.9 Å². The quantitative estimate of drug-likeness (QED) is 0.0868. The van der Waals surface area contributed by atoms with Gasteiger partial charge in [0.25, 0.3) is 0 Å². The van der Waals surface area contributed by atoms with Gasteiger partial charge in [0, 0.05) is 133 Å². The largest absolute Gasteiger partial charge is 0.384 e. The van der Waals surface area contributed by atoms with Gasteiger partial charge in [0.2, 0.25) is 0 Å². The number of fused-ring (bicyclic) bond motifs is 6. The zero-order valence-electron chi connectivity index (χ0n) is 50.2. The van der Waals surface area contributed by atoms with Crippen molar-refractivity contribution in [1.29, 1.82) is 0 Å². The molecule has 0 aromatic carbocycles. The van der Waals surface area contributed by atoms with Crippen LogP contribution in [0.1, 0.15) is 220 Å². The summed E-state index contributed by atoms with van der Waals surface area (Å²) in [5, 5.41) is 12.6. The molecule has 462 valence electrons. The molecule has 3 atom stereocenters. The lowest BCUT2D eigenvalue weighted by Crippen LogP contribution is -2.20. The van der Waals surface area contributed by atoms with Crippen LogP contribution < -0.4 is 16.0 Å². The third-order valence-corrected chi connectivity index (χ3v) is 15.0. The summed E-state index contributed by atoms with van der Waals surface area (Å²) in [5.41, 5.74) is 16.2. The summed E-state index contributed by atoms with van der Waals surface area (Å²) in [6.07, 6.45) is 21.1. The second-order valence-electron chi connectivity index (χ2n) is 27.3. The smallest absolute Gasteiger partial charge is 0.137 e. The fourth-order valence-electron chi connectivity index (χ4n) is 10.4. The average molecular weight is 1150 g/mol. The van der Waals surface area contributed by atoms with Crippen LogP contribution in [0.4, 0.5) is 17.2 Å². The molecule has 12 rings (SSSR count). The summed E-state index contributed by atoms with van der Waals surface area (Å²) in [5.74, 6) is 2.80. The van der Waals surface area contributed by atoms with Gasteiger partial charge in [0.15, 0.2) is 0 Å². The number of H-pyrrole nitrogens is 3. The third kappa shape index (κ3) is 18.5. The maximum Gasteiger partial charge on any atom is 0.137 e. The maximum atomic E-state index is 4.44. The average Bonchev–Trinajstić information content (AvgIpc) is 4.46. The second-order valence-corrected chi connectivity index (χ2v) is 27.3. The van der Waals surface area contributed by atoms with Gasteiger partial charge >= 0.3 is 0 Å². The van der Waals surface area contributed by atoms with Crippen molar-refractivity contribution in [2.45, 2.75) is 203 Å². The van der Waals surface area contributed by atoms with Crippen molar-refractivity contribution >= 4 is 50.2 Å². The summed E-state index contributed by atoms with van der Waals surface area (Å²) < 4.78 is 0. The van der Waals surface area contributed by atoms with E-state index < -0.39 is 0 Å². The number of aromatic amines is 3. The highest BCUT2D eigenvalue weighted by Crippen LogP contribution is 2.44. The number of nitrogens with zero attached hydrogens (tertiary/aromatic N) is 6. The minimum absolute atomic E-state index is 0. The Morgan fingerprint density at radius 3 is 1.50 bits per heavy atom. The van der Waals surface area contributed by atoms with Gasteiger partial charge in [-0.3, -0.25) is 19.9 Å². The van der Waals surface area contributed by atoms with Crippen molar-refractivity contribution in [2.75, 3.05) is 35.6 Å². The van der Waals surface area contributed by atoms with Gasteiger partial charge in [-0.05, 0) is 109 Å². The molecule has 12 heteroatoms. The SMILES string of the molecule is C.C.C.C.C.C.CC(C)(C)C1CNc2cccnc21.CC(C)(C)C1CNc2ccncc21.CC(C)(C)C1CNc2ncccc21.CC(C)(C)c1c[nH]c2cccnc12.CC(C)(C)c1c[nH]c2ccncc12.CC(C)(C)c1c[nH]c2ncccc12. The summed E-state index contributed by atoms with van der Waals surface area (Å²) in [6, 6.07) is 20.4. The number of rotatable bonds is 0. The summed E-state index contributed by atoms with van der Waals surface area (Å²) in [4.78, 5) is 35.4. The van der Waals surface area contributed by atoms with Gasteiger partial charge in [0.1, 0.15) is 11.5 Å². The van der Waals surface area contributed by atoms with Gasteiger partial charge in [-0.15, -0.1) is 0 Å². The predicted molar refractivity (Wildman–Crippen MR) is 370 cm³/mol. The fraction of sp³-hybridized carbons (Fsp3) is 0.500. The number of anilines is 3. The van der Waals surface area contributed by atoms with Crippen LogP contribution in [-0.4, -0.2) is 64.5 Å². The molecule has 3 aliphatic heterocycles. The molecule has 9 aromatic rings. The Bertz CT molecular complexity index is 3000. The van der Waals surface area contributed by atoms with E-state index in [9.17, 15) is 0 Å². The van der Waals surface area contributed by atoms with E-state index in [2.05, 4.69) is 234 Å². The van der Waals surface area contributed by atoms with E-state index in [0.29, 0.717) is 34.0 Å². The van der Waals surface area contributed by atoms with Crippen LogP contribution in [-0.2, 0) is 16.2 Å². The van der Waals surface area contributed by atoms with E-state index in [-0.39, 0.29) is 60.8 Å². The van der Waals surface area contributed by atoms with Crippen molar-refractivity contribution in [3.63, 3.8) is 0 Å². The first kappa shape index (κ1) is 74.9. The van der Waals surface area contributed by atoms with Crippen molar-refractivity contribution in [1.82, 2.24) is 44.9 Å². The third-order valence-electron chi connectivity index (χ3n) is 15.0. The van der Waals surface area contributed by atoms with E-state index in [1.165, 1.54) is 61.2 Å². The maximum absolute atomic E-state index is 4.44.